The number of amides is 2. The maximum atomic E-state index is 13.6. The Morgan fingerprint density at radius 3 is 2.29 bits per heavy atom. The first kappa shape index (κ1) is 30.3. The Labute approximate surface area is 242 Å². The van der Waals surface area contributed by atoms with Crippen LogP contribution in [0.5, 0.6) is 0 Å². The van der Waals surface area contributed by atoms with E-state index in [-0.39, 0.29) is 19.0 Å². The standard InChI is InChI=1S/C34H41NO6/c1-24-15-14-18-27(21-24)28-22-31(41-30(28)19-12-7-5-3-4-6-8-13-20-36)32(37)25(2)33(38)35-29(23-40-34(35)39)26-16-10-9-11-17-26/h9-11,14-18,21-22,25,29,36H,3-8,12-13,19-20,23H2,1-2H3/t25-,29+/m0/s1. The third kappa shape index (κ3) is 7.73. The van der Waals surface area contributed by atoms with Crippen LogP contribution in [0, 0.1) is 12.8 Å². The van der Waals surface area contributed by atoms with Gasteiger partial charge in [-0.2, -0.15) is 0 Å². The molecule has 1 saturated heterocycles. The molecular weight excluding hydrogens is 518 g/mol. The first-order chi connectivity index (χ1) is 19.9. The van der Waals surface area contributed by atoms with Crippen molar-refractivity contribution in [3.63, 3.8) is 0 Å². The average Bonchev–Trinajstić information content (AvgIpc) is 3.59. The number of carbonyl (C=O) groups excluding carboxylic acids is 3. The molecule has 2 aromatic carbocycles. The Kier molecular flexibility index (Phi) is 10.9. The lowest BCUT2D eigenvalue weighted by Crippen LogP contribution is -2.40. The van der Waals surface area contributed by atoms with Crippen molar-refractivity contribution in [3.8, 4) is 11.1 Å². The van der Waals surface area contributed by atoms with Crippen molar-refractivity contribution >= 4 is 17.8 Å². The largest absolute Gasteiger partial charge is 0.457 e. The highest BCUT2D eigenvalue weighted by Gasteiger charge is 2.42. The lowest BCUT2D eigenvalue weighted by atomic mass is 9.98. The first-order valence-corrected chi connectivity index (χ1v) is 14.8. The van der Waals surface area contributed by atoms with Crippen LogP contribution < -0.4 is 0 Å². The minimum atomic E-state index is -1.11. The highest BCUT2D eigenvalue weighted by atomic mass is 16.6. The van der Waals surface area contributed by atoms with E-state index in [1.807, 2.05) is 55.5 Å². The summed E-state index contributed by atoms with van der Waals surface area (Å²) in [5.74, 6) is -1.29. The molecule has 1 aliphatic heterocycles. The molecule has 7 nitrogen and oxygen atoms in total. The molecule has 0 saturated carbocycles. The second kappa shape index (κ2) is 14.8. The first-order valence-electron chi connectivity index (χ1n) is 14.8. The average molecular weight is 560 g/mol. The molecule has 3 aromatic rings. The summed E-state index contributed by atoms with van der Waals surface area (Å²) in [4.78, 5) is 40.6. The second-order valence-corrected chi connectivity index (χ2v) is 10.9. The van der Waals surface area contributed by atoms with Crippen molar-refractivity contribution in [1.82, 2.24) is 4.90 Å². The number of rotatable bonds is 15. The number of aryl methyl sites for hydroxylation is 2. The van der Waals surface area contributed by atoms with E-state index in [1.165, 1.54) is 19.8 Å². The van der Waals surface area contributed by atoms with Crippen molar-refractivity contribution in [3.05, 3.63) is 83.3 Å². The number of nitrogens with zero attached hydrogens (tertiary/aromatic N) is 1. The van der Waals surface area contributed by atoms with Gasteiger partial charge in [0.2, 0.25) is 11.7 Å². The van der Waals surface area contributed by atoms with Crippen LogP contribution in [0.4, 0.5) is 4.79 Å². The molecule has 1 N–H and O–H groups in total. The summed E-state index contributed by atoms with van der Waals surface area (Å²) in [7, 11) is 0. The number of benzene rings is 2. The molecule has 7 heteroatoms. The molecule has 0 bridgehead atoms. The smallest absolute Gasteiger partial charge is 0.417 e. The van der Waals surface area contributed by atoms with Crippen LogP contribution in [0.15, 0.2) is 65.1 Å². The van der Waals surface area contributed by atoms with Gasteiger partial charge in [-0.1, -0.05) is 98.7 Å². The molecule has 0 radical (unpaired) electrons. The summed E-state index contributed by atoms with van der Waals surface area (Å²) in [6.45, 7) is 3.87. The van der Waals surface area contributed by atoms with Gasteiger partial charge in [-0.05, 0) is 43.9 Å². The van der Waals surface area contributed by atoms with Gasteiger partial charge in [-0.25, -0.2) is 9.69 Å². The third-order valence-electron chi connectivity index (χ3n) is 7.75. The Morgan fingerprint density at radius 2 is 1.61 bits per heavy atom. The Balaban J connectivity index is 1.46. The topological polar surface area (TPSA) is 97.1 Å². The number of hydrogen-bond donors (Lipinski definition) is 1. The summed E-state index contributed by atoms with van der Waals surface area (Å²) < 4.78 is 11.4. The maximum absolute atomic E-state index is 13.6. The minimum Gasteiger partial charge on any atom is -0.457 e. The summed E-state index contributed by atoms with van der Waals surface area (Å²) >= 11 is 0. The number of aliphatic hydroxyl groups excluding tert-OH is 1. The fourth-order valence-corrected chi connectivity index (χ4v) is 5.37. The number of cyclic esters (lactones) is 1. The second-order valence-electron chi connectivity index (χ2n) is 10.9. The van der Waals surface area contributed by atoms with Crippen molar-refractivity contribution < 1.29 is 28.6 Å². The molecule has 2 amide bonds. The Morgan fingerprint density at radius 1 is 0.927 bits per heavy atom. The predicted molar refractivity (Wildman–Crippen MR) is 157 cm³/mol. The molecule has 4 rings (SSSR count). The zero-order valence-electron chi connectivity index (χ0n) is 24.1. The van der Waals surface area contributed by atoms with Crippen LogP contribution in [0.1, 0.15) is 91.8 Å². The van der Waals surface area contributed by atoms with Crippen molar-refractivity contribution in [2.75, 3.05) is 13.2 Å². The lowest BCUT2D eigenvalue weighted by Gasteiger charge is -2.22. The SMILES string of the molecule is Cc1cccc(-c2cc(C(=O)[C@H](C)C(=O)N3C(=O)OC[C@@H]3c3ccccc3)oc2CCCCCCCCCCO)c1. The molecule has 0 spiro atoms. The van der Waals surface area contributed by atoms with E-state index in [2.05, 4.69) is 6.07 Å². The monoisotopic (exact) mass is 559 g/mol. The van der Waals surface area contributed by atoms with Gasteiger partial charge in [-0.15, -0.1) is 0 Å². The molecule has 2 atom stereocenters. The molecule has 41 heavy (non-hydrogen) atoms. The van der Waals surface area contributed by atoms with Gasteiger partial charge in [0.05, 0.1) is 0 Å². The zero-order chi connectivity index (χ0) is 29.2. The molecule has 1 aliphatic rings. The van der Waals surface area contributed by atoms with E-state index in [1.54, 1.807) is 6.07 Å². The number of aliphatic hydroxyl groups is 1. The molecule has 1 aromatic heterocycles. The van der Waals surface area contributed by atoms with Gasteiger partial charge in [0.25, 0.3) is 0 Å². The molecule has 218 valence electrons. The van der Waals surface area contributed by atoms with Crippen LogP contribution >= 0.6 is 0 Å². The van der Waals surface area contributed by atoms with Crippen molar-refractivity contribution in [2.45, 2.75) is 77.7 Å². The Hall–Kier alpha value is -3.71. The molecule has 2 heterocycles. The molecule has 0 aliphatic carbocycles. The van der Waals surface area contributed by atoms with Gasteiger partial charge in [0.1, 0.15) is 24.3 Å². The quantitative estimate of drug-likeness (QED) is 0.118. The van der Waals surface area contributed by atoms with E-state index < -0.39 is 29.7 Å². The van der Waals surface area contributed by atoms with E-state index in [0.717, 1.165) is 71.4 Å². The van der Waals surface area contributed by atoms with Gasteiger partial charge >= 0.3 is 6.09 Å². The summed E-state index contributed by atoms with van der Waals surface area (Å²) in [6.07, 6.45) is 8.53. The number of ether oxygens (including phenoxy) is 1. The van der Waals surface area contributed by atoms with Crippen molar-refractivity contribution in [1.29, 1.82) is 0 Å². The number of imide groups is 1. The summed E-state index contributed by atoms with van der Waals surface area (Å²) in [6, 6.07) is 18.5. The van der Waals surface area contributed by atoms with Gasteiger partial charge < -0.3 is 14.3 Å². The van der Waals surface area contributed by atoms with Crippen LogP contribution in [0.3, 0.4) is 0 Å². The number of carbonyl (C=O) groups is 3. The van der Waals surface area contributed by atoms with Crippen LogP contribution in [-0.2, 0) is 16.0 Å². The highest BCUT2D eigenvalue weighted by Crippen LogP contribution is 2.33. The number of furan rings is 1. The van der Waals surface area contributed by atoms with E-state index in [0.29, 0.717) is 6.42 Å². The van der Waals surface area contributed by atoms with Gasteiger partial charge in [0, 0.05) is 18.6 Å². The van der Waals surface area contributed by atoms with E-state index in [9.17, 15) is 14.4 Å². The lowest BCUT2D eigenvalue weighted by molar-refractivity contribution is -0.131. The molecule has 1 fully saturated rings. The summed E-state index contributed by atoms with van der Waals surface area (Å²) in [5.41, 5.74) is 3.71. The fourth-order valence-electron chi connectivity index (χ4n) is 5.37. The minimum absolute atomic E-state index is 0.0561. The van der Waals surface area contributed by atoms with Crippen LogP contribution in [0.2, 0.25) is 0 Å². The third-order valence-corrected chi connectivity index (χ3v) is 7.75. The van der Waals surface area contributed by atoms with Crippen molar-refractivity contribution in [2.24, 2.45) is 5.92 Å². The zero-order valence-corrected chi connectivity index (χ0v) is 24.1. The van der Waals surface area contributed by atoms with Crippen LogP contribution in [0.25, 0.3) is 11.1 Å². The number of ketones is 1. The highest BCUT2D eigenvalue weighted by molar-refractivity contribution is 6.12. The fraction of sp³-hybridized carbons (Fsp3) is 0.441. The summed E-state index contributed by atoms with van der Waals surface area (Å²) in [5, 5.41) is 8.91. The molecule has 0 unspecified atom stereocenters. The normalized spacial score (nSPS) is 15.6. The number of unbranched alkanes of at least 4 members (excludes halogenated alkanes) is 7. The molecular formula is C34H41NO6. The number of hydrogen-bond acceptors (Lipinski definition) is 6. The van der Waals surface area contributed by atoms with Crippen LogP contribution in [-0.4, -0.2) is 41.0 Å². The predicted octanol–water partition coefficient (Wildman–Crippen LogP) is 7.45. The van der Waals surface area contributed by atoms with E-state index in [4.69, 9.17) is 14.3 Å². The Bertz CT molecular complexity index is 1310. The van der Waals surface area contributed by atoms with Gasteiger partial charge in [0.15, 0.2) is 5.76 Å². The maximum Gasteiger partial charge on any atom is 0.417 e. The number of Topliss-reactive ketones (excluding diaryl/α,β-unsaturated/α-hetero) is 1. The van der Waals surface area contributed by atoms with E-state index >= 15 is 0 Å². The van der Waals surface area contributed by atoms with Gasteiger partial charge in [-0.3, -0.25) is 9.59 Å².